The summed E-state index contributed by atoms with van der Waals surface area (Å²) in [6.45, 7) is 2.70. The van der Waals surface area contributed by atoms with Crippen molar-refractivity contribution >= 4 is 22.5 Å². The Kier molecular flexibility index (Phi) is 4.80. The highest BCUT2D eigenvalue weighted by Crippen LogP contribution is 2.26. The van der Waals surface area contributed by atoms with Gasteiger partial charge in [-0.2, -0.15) is 0 Å². The van der Waals surface area contributed by atoms with E-state index in [0.29, 0.717) is 19.3 Å². The Morgan fingerprint density at radius 1 is 1.33 bits per heavy atom. The molecule has 1 saturated carbocycles. The van der Waals surface area contributed by atoms with Crippen molar-refractivity contribution in [2.75, 3.05) is 19.8 Å². The lowest BCUT2D eigenvalue weighted by atomic mass is 10.2. The number of aliphatic hydroxyl groups excluding tert-OH is 1. The van der Waals surface area contributed by atoms with Gasteiger partial charge < -0.3 is 19.7 Å². The molecular formula is C16H21ClN2O2. The van der Waals surface area contributed by atoms with E-state index in [4.69, 9.17) is 21.4 Å². The monoisotopic (exact) mass is 308 g/mol. The van der Waals surface area contributed by atoms with Gasteiger partial charge >= 0.3 is 0 Å². The summed E-state index contributed by atoms with van der Waals surface area (Å²) >= 11 is 6.13. The van der Waals surface area contributed by atoms with Gasteiger partial charge in [-0.25, -0.2) is 0 Å². The van der Waals surface area contributed by atoms with Gasteiger partial charge in [0.25, 0.3) is 0 Å². The van der Waals surface area contributed by atoms with Gasteiger partial charge in [0, 0.05) is 41.3 Å². The molecule has 0 radical (unpaired) electrons. The number of fused-ring (bicyclic) bond motifs is 1. The van der Waals surface area contributed by atoms with Gasteiger partial charge in [-0.1, -0.05) is 17.7 Å². The second-order valence-corrected chi connectivity index (χ2v) is 5.94. The molecule has 1 aliphatic carbocycles. The fraction of sp³-hybridized carbons (Fsp3) is 0.500. The number of nitrogens with one attached hydrogen (secondary N) is 1. The van der Waals surface area contributed by atoms with Crippen LogP contribution in [-0.4, -0.2) is 35.5 Å². The molecule has 0 atom stereocenters. The van der Waals surface area contributed by atoms with Crippen LogP contribution in [0.25, 0.3) is 10.9 Å². The van der Waals surface area contributed by atoms with Crippen LogP contribution in [0.2, 0.25) is 5.02 Å². The van der Waals surface area contributed by atoms with Crippen LogP contribution in [0.4, 0.5) is 0 Å². The Hall–Kier alpha value is -1.07. The molecule has 1 aliphatic rings. The summed E-state index contributed by atoms with van der Waals surface area (Å²) in [4.78, 5) is 0. The number of rotatable bonds is 8. The zero-order chi connectivity index (χ0) is 14.7. The van der Waals surface area contributed by atoms with Gasteiger partial charge in [0.2, 0.25) is 0 Å². The summed E-state index contributed by atoms with van der Waals surface area (Å²) in [6.07, 6.45) is 4.76. The normalized spacial score (nSPS) is 15.0. The van der Waals surface area contributed by atoms with Crippen LogP contribution in [-0.2, 0) is 17.8 Å². The molecule has 1 fully saturated rings. The average Bonchev–Trinajstić information content (AvgIpc) is 3.25. The Morgan fingerprint density at radius 3 is 2.95 bits per heavy atom. The summed E-state index contributed by atoms with van der Waals surface area (Å²) in [7, 11) is 0. The maximum absolute atomic E-state index is 8.75. The van der Waals surface area contributed by atoms with Gasteiger partial charge in [-0.3, -0.25) is 0 Å². The average molecular weight is 309 g/mol. The smallest absolute Gasteiger partial charge is 0.0698 e. The first-order valence-corrected chi connectivity index (χ1v) is 7.85. The second-order valence-electron chi connectivity index (χ2n) is 5.50. The summed E-state index contributed by atoms with van der Waals surface area (Å²) < 4.78 is 7.55. The van der Waals surface area contributed by atoms with E-state index >= 15 is 0 Å². The minimum Gasteiger partial charge on any atom is -0.394 e. The van der Waals surface area contributed by atoms with E-state index in [0.717, 1.165) is 23.6 Å². The molecule has 4 nitrogen and oxygen atoms in total. The maximum atomic E-state index is 8.75. The lowest BCUT2D eigenvalue weighted by Gasteiger charge is -2.06. The first kappa shape index (κ1) is 14.9. The van der Waals surface area contributed by atoms with Crippen LogP contribution >= 0.6 is 11.6 Å². The van der Waals surface area contributed by atoms with Crippen molar-refractivity contribution < 1.29 is 9.84 Å². The van der Waals surface area contributed by atoms with Crippen LogP contribution < -0.4 is 5.32 Å². The highest BCUT2D eigenvalue weighted by molar-refractivity contribution is 6.31. The molecule has 0 unspecified atom stereocenters. The highest BCUT2D eigenvalue weighted by Gasteiger charge is 2.20. The molecule has 1 heterocycles. The molecule has 0 bridgehead atoms. The van der Waals surface area contributed by atoms with Crippen LogP contribution in [0.15, 0.2) is 24.4 Å². The maximum Gasteiger partial charge on any atom is 0.0698 e. The van der Waals surface area contributed by atoms with Crippen molar-refractivity contribution in [3.05, 3.63) is 35.0 Å². The van der Waals surface area contributed by atoms with Crippen LogP contribution in [0.3, 0.4) is 0 Å². The predicted octanol–water partition coefficient (Wildman–Crippen LogP) is 2.56. The number of halogens is 1. The highest BCUT2D eigenvalue weighted by atomic mass is 35.5. The van der Waals surface area contributed by atoms with E-state index in [2.05, 4.69) is 22.1 Å². The third-order valence-electron chi connectivity index (χ3n) is 3.80. The van der Waals surface area contributed by atoms with Crippen LogP contribution in [0.5, 0.6) is 0 Å². The molecule has 0 saturated heterocycles. The summed E-state index contributed by atoms with van der Waals surface area (Å²) in [5, 5.41) is 14.3. The summed E-state index contributed by atoms with van der Waals surface area (Å²) in [6, 6.07) is 6.73. The number of nitrogens with zero attached hydrogens (tertiary/aromatic N) is 1. The Morgan fingerprint density at radius 2 is 2.19 bits per heavy atom. The molecule has 1 aromatic carbocycles. The van der Waals surface area contributed by atoms with Gasteiger partial charge in [-0.05, 0) is 30.5 Å². The summed E-state index contributed by atoms with van der Waals surface area (Å²) in [5.74, 6) is 0. The van der Waals surface area contributed by atoms with Gasteiger partial charge in [0.05, 0.1) is 19.8 Å². The van der Waals surface area contributed by atoms with E-state index in [1.807, 2.05) is 12.1 Å². The number of hydrogen-bond acceptors (Lipinski definition) is 3. The van der Waals surface area contributed by atoms with Crippen molar-refractivity contribution in [3.8, 4) is 0 Å². The van der Waals surface area contributed by atoms with Crippen LogP contribution in [0, 0.1) is 0 Å². The fourth-order valence-corrected chi connectivity index (χ4v) is 2.70. The number of aromatic nitrogens is 1. The van der Waals surface area contributed by atoms with Gasteiger partial charge in [-0.15, -0.1) is 0 Å². The van der Waals surface area contributed by atoms with Crippen molar-refractivity contribution in [1.82, 2.24) is 9.88 Å². The molecule has 2 N–H and O–H groups in total. The molecule has 3 rings (SSSR count). The number of aliphatic hydroxyl groups is 1. The van der Waals surface area contributed by atoms with E-state index in [-0.39, 0.29) is 6.61 Å². The Balaban J connectivity index is 1.77. The van der Waals surface area contributed by atoms with Crippen molar-refractivity contribution in [2.24, 2.45) is 0 Å². The lowest BCUT2D eigenvalue weighted by Crippen LogP contribution is -2.15. The molecule has 2 aromatic rings. The molecule has 5 heteroatoms. The first-order valence-electron chi connectivity index (χ1n) is 7.47. The van der Waals surface area contributed by atoms with Gasteiger partial charge in [0.15, 0.2) is 0 Å². The number of ether oxygens (including phenoxy) is 1. The fourth-order valence-electron chi connectivity index (χ4n) is 2.54. The first-order chi connectivity index (χ1) is 10.3. The van der Waals surface area contributed by atoms with Crippen molar-refractivity contribution in [1.29, 1.82) is 0 Å². The van der Waals surface area contributed by atoms with Crippen molar-refractivity contribution in [2.45, 2.75) is 32.0 Å². The van der Waals surface area contributed by atoms with Crippen molar-refractivity contribution in [3.63, 3.8) is 0 Å². The standard InChI is InChI=1S/C16H21ClN2O2/c17-13-1-4-15-12(10-18-14-2-3-14)11-19(16(15)9-13)5-7-21-8-6-20/h1,4,9,11,14,18,20H,2-3,5-8,10H2. The predicted molar refractivity (Wildman–Crippen MR) is 84.7 cm³/mol. The van der Waals surface area contributed by atoms with E-state index in [1.54, 1.807) is 0 Å². The molecule has 21 heavy (non-hydrogen) atoms. The Labute approximate surface area is 129 Å². The minimum atomic E-state index is 0.0643. The summed E-state index contributed by atoms with van der Waals surface area (Å²) in [5.41, 5.74) is 2.44. The third-order valence-corrected chi connectivity index (χ3v) is 4.03. The molecule has 114 valence electrons. The SMILES string of the molecule is OCCOCCn1cc(CNC2CC2)c2ccc(Cl)cc21. The minimum absolute atomic E-state index is 0.0643. The number of hydrogen-bond donors (Lipinski definition) is 2. The largest absolute Gasteiger partial charge is 0.394 e. The third kappa shape index (κ3) is 3.77. The zero-order valence-electron chi connectivity index (χ0n) is 12.0. The van der Waals surface area contributed by atoms with E-state index in [1.165, 1.54) is 23.8 Å². The molecule has 1 aromatic heterocycles. The quantitative estimate of drug-likeness (QED) is 0.737. The lowest BCUT2D eigenvalue weighted by molar-refractivity contribution is 0.0875. The topological polar surface area (TPSA) is 46.4 Å². The van der Waals surface area contributed by atoms with Crippen LogP contribution in [0.1, 0.15) is 18.4 Å². The molecular weight excluding hydrogens is 288 g/mol. The molecule has 0 amide bonds. The van der Waals surface area contributed by atoms with E-state index in [9.17, 15) is 0 Å². The second kappa shape index (κ2) is 6.79. The van der Waals surface area contributed by atoms with Gasteiger partial charge in [0.1, 0.15) is 0 Å². The molecule has 0 spiro atoms. The number of benzene rings is 1. The molecule has 0 aliphatic heterocycles. The Bertz CT molecular complexity index is 608. The van der Waals surface area contributed by atoms with E-state index < -0.39 is 0 Å². The zero-order valence-corrected chi connectivity index (χ0v) is 12.8.